The summed E-state index contributed by atoms with van der Waals surface area (Å²) in [5.74, 6) is 0.736. The number of benzene rings is 5. The molecular weight excluding hydrogens is 1690 g/mol. The van der Waals surface area contributed by atoms with E-state index < -0.39 is 0 Å². The van der Waals surface area contributed by atoms with Gasteiger partial charge in [-0.3, -0.25) is 47.9 Å². The van der Waals surface area contributed by atoms with E-state index in [2.05, 4.69) is 204 Å². The third kappa shape index (κ3) is 27.0. The number of H-pyrrole nitrogens is 5. The van der Waals surface area contributed by atoms with Gasteiger partial charge in [-0.05, 0) is 185 Å². The third-order valence-electron chi connectivity index (χ3n) is 22.3. The van der Waals surface area contributed by atoms with Crippen molar-refractivity contribution in [3.63, 3.8) is 0 Å². The maximum atomic E-state index is 12.0. The molecule has 126 heavy (non-hydrogen) atoms. The first-order valence-electron chi connectivity index (χ1n) is 42.9. The van der Waals surface area contributed by atoms with Crippen molar-refractivity contribution in [1.82, 2.24) is 51.5 Å². The number of unbranched alkanes of at least 4 members (excludes halogenated alkanes) is 1. The van der Waals surface area contributed by atoms with Crippen LogP contribution in [0.3, 0.4) is 0 Å². The van der Waals surface area contributed by atoms with E-state index in [0.717, 1.165) is 113 Å². The lowest BCUT2D eigenvalue weighted by molar-refractivity contribution is -0.120. The van der Waals surface area contributed by atoms with Crippen molar-refractivity contribution < 1.29 is 24.0 Å². The van der Waals surface area contributed by atoms with Gasteiger partial charge in [0.25, 0.3) is 27.8 Å². The maximum absolute atomic E-state index is 12.0. The van der Waals surface area contributed by atoms with Crippen LogP contribution in [0.2, 0.25) is 25.1 Å². The van der Waals surface area contributed by atoms with Crippen molar-refractivity contribution in [3.05, 3.63) is 373 Å². The Morgan fingerprint density at radius 1 is 0.317 bits per heavy atom. The number of carbonyl (C=O) groups is 5. The highest BCUT2D eigenvalue weighted by Gasteiger charge is 2.27. The molecular formula is C101H107Cl5N10O10. The van der Waals surface area contributed by atoms with E-state index in [9.17, 15) is 47.9 Å². The molecule has 15 rings (SSSR count). The Morgan fingerprint density at radius 3 is 0.762 bits per heavy atom. The highest BCUT2D eigenvalue weighted by atomic mass is 35.5. The predicted molar refractivity (Wildman–Crippen MR) is 509 cm³/mol. The summed E-state index contributed by atoms with van der Waals surface area (Å²) >= 11 is 29.3. The molecule has 10 N–H and O–H groups in total. The van der Waals surface area contributed by atoms with Gasteiger partial charge in [-0.25, -0.2) is 0 Å². The SMILES string of the molecule is CC(C)(C)c1ccc(/C(=C\[C@H]2CCC(=O)N2)c2ccc(Cl)c(=O)[nH]2)cc1.CC(C)c1ccc(/C(=C\[C@H]2CCC(=O)N2)c2ccc(Cl)c(=O)[nH]2)cc1.CCCCc1ccc(/C(=C\[C@H]2CCC(=O)N2)c2ccc(Cl)c(=O)[nH]2)cc1.CCCc1ccc(/C(=C\[C@H]2CCC(=O)N2)c2ccc(Cl)c(=O)[nH]2)cc1.CCc1ccc(/C(=C\[C@H]2CCC(=O)N2)c2ccc(Cl)c(=O)[nH]2)cc1. The Hall–Kier alpha value is -11.7. The number of amides is 5. The molecule has 5 aromatic heterocycles. The van der Waals surface area contributed by atoms with Gasteiger partial charge >= 0.3 is 0 Å². The van der Waals surface area contributed by atoms with Crippen LogP contribution in [0, 0.1) is 0 Å². The molecule has 5 amide bonds. The molecule has 0 saturated carbocycles. The number of hydrogen-bond donors (Lipinski definition) is 10. The summed E-state index contributed by atoms with van der Waals surface area (Å²) < 4.78 is 0. The van der Waals surface area contributed by atoms with E-state index in [1.54, 1.807) is 60.7 Å². The quantitative estimate of drug-likeness (QED) is 0.0306. The van der Waals surface area contributed by atoms with Crippen molar-refractivity contribution in [2.24, 2.45) is 0 Å². The van der Waals surface area contributed by atoms with Gasteiger partial charge in [0.05, 0.1) is 0 Å². The van der Waals surface area contributed by atoms with Crippen molar-refractivity contribution >= 4 is 115 Å². The van der Waals surface area contributed by atoms with Crippen LogP contribution in [0.4, 0.5) is 0 Å². The van der Waals surface area contributed by atoms with Crippen LogP contribution in [-0.4, -0.2) is 84.7 Å². The average molecular weight is 1800 g/mol. The van der Waals surface area contributed by atoms with Gasteiger partial charge in [-0.2, -0.15) is 0 Å². The van der Waals surface area contributed by atoms with Gasteiger partial charge in [0.2, 0.25) is 29.5 Å². The summed E-state index contributed by atoms with van der Waals surface area (Å²) in [5, 5.41) is 15.5. The zero-order chi connectivity index (χ0) is 90.3. The molecule has 20 nitrogen and oxygen atoms in total. The largest absolute Gasteiger partial charge is 0.350 e. The second-order valence-corrected chi connectivity index (χ2v) is 35.1. The second-order valence-electron chi connectivity index (χ2n) is 33.1. The van der Waals surface area contributed by atoms with E-state index >= 15 is 0 Å². The third-order valence-corrected chi connectivity index (χ3v) is 23.7. The van der Waals surface area contributed by atoms with E-state index in [1.807, 2.05) is 54.6 Å². The van der Waals surface area contributed by atoms with Crippen molar-refractivity contribution in [1.29, 1.82) is 0 Å². The van der Waals surface area contributed by atoms with Crippen LogP contribution < -0.4 is 54.4 Å². The maximum Gasteiger partial charge on any atom is 0.267 e. The summed E-state index contributed by atoms with van der Waals surface area (Å²) in [5.41, 5.74) is 17.7. The lowest BCUT2D eigenvalue weighted by Crippen LogP contribution is -2.23. The lowest BCUT2D eigenvalue weighted by atomic mass is 9.86. The minimum Gasteiger partial charge on any atom is -0.350 e. The number of rotatable bonds is 22. The molecule has 10 aromatic rings. The molecule has 0 radical (unpaired) electrons. The summed E-state index contributed by atoms with van der Waals surface area (Å²) in [7, 11) is 0. The zero-order valence-corrected chi connectivity index (χ0v) is 75.7. The molecule has 5 aliphatic rings. The minimum absolute atomic E-state index is 0.0301. The Bertz CT molecular complexity index is 6040. The van der Waals surface area contributed by atoms with Crippen molar-refractivity contribution in [2.75, 3.05) is 0 Å². The van der Waals surface area contributed by atoms with Gasteiger partial charge in [0.15, 0.2) is 0 Å². The number of aromatic amines is 5. The van der Waals surface area contributed by atoms with Gasteiger partial charge in [0.1, 0.15) is 25.1 Å². The number of carbonyl (C=O) groups excluding carboxylic acids is 5. The number of aryl methyl sites for hydroxylation is 3. The van der Waals surface area contributed by atoms with Crippen LogP contribution in [0.15, 0.2) is 236 Å². The summed E-state index contributed by atoms with van der Waals surface area (Å²) in [6, 6.07) is 58.3. The Labute approximate surface area is 758 Å². The molecule has 5 saturated heterocycles. The number of nitrogens with one attached hydrogen (secondary N) is 10. The fourth-order valence-corrected chi connectivity index (χ4v) is 15.6. The van der Waals surface area contributed by atoms with Crippen molar-refractivity contribution in [2.45, 2.75) is 200 Å². The van der Waals surface area contributed by atoms with E-state index in [0.29, 0.717) is 66.5 Å². The highest BCUT2D eigenvalue weighted by Crippen LogP contribution is 2.33. The monoisotopic (exact) mass is 1790 g/mol. The summed E-state index contributed by atoms with van der Waals surface area (Å²) in [6.07, 6.45) is 23.0. The summed E-state index contributed by atoms with van der Waals surface area (Å²) in [4.78, 5) is 131. The molecule has 0 aliphatic carbocycles. The van der Waals surface area contributed by atoms with Gasteiger partial charge in [-0.15, -0.1) is 0 Å². The molecule has 0 unspecified atom stereocenters. The first kappa shape index (κ1) is 95.0. The van der Waals surface area contributed by atoms with E-state index in [4.69, 9.17) is 58.0 Å². The first-order chi connectivity index (χ1) is 60.4. The smallest absolute Gasteiger partial charge is 0.267 e. The Morgan fingerprint density at radius 2 is 0.556 bits per heavy atom. The van der Waals surface area contributed by atoms with Crippen LogP contribution >= 0.6 is 58.0 Å². The van der Waals surface area contributed by atoms with Crippen LogP contribution in [-0.2, 0) is 48.7 Å². The number of hydrogen-bond acceptors (Lipinski definition) is 10. The normalized spacial score (nSPS) is 17.7. The Kier molecular flexibility index (Phi) is 33.9. The number of halogens is 5. The van der Waals surface area contributed by atoms with Gasteiger partial charge < -0.3 is 51.5 Å². The molecule has 0 spiro atoms. The van der Waals surface area contributed by atoms with E-state index in [1.165, 1.54) is 40.7 Å². The fraction of sp³-hybridized carbons (Fsp3) is 0.307. The predicted octanol–water partition coefficient (Wildman–Crippen LogP) is 19.0. The molecule has 5 aromatic carbocycles. The van der Waals surface area contributed by atoms with Crippen LogP contribution in [0.1, 0.15) is 229 Å². The molecule has 10 heterocycles. The molecule has 5 aliphatic heterocycles. The van der Waals surface area contributed by atoms with Crippen LogP contribution in [0.5, 0.6) is 0 Å². The van der Waals surface area contributed by atoms with Crippen LogP contribution in [0.25, 0.3) is 27.9 Å². The minimum atomic E-state index is -0.322. The molecule has 5 atom stereocenters. The standard InChI is InChI=1S/2C21H23ClN2O2.2C20H21ClN2O2.C19H19ClN2O2/c1-21(2,3)14-6-4-13(5-7-14)16(12-15-8-11-19(25)23-15)18-10-9-17(22)20(26)24-18;1-2-3-4-14-5-7-15(8-6-14)17(13-16-9-12-20(25)23-16)19-11-10-18(22)21(26)24-19;1-12(2)13-3-5-14(6-4-13)16(11-15-7-10-19(24)22-15)18-9-8-17(21)20(25)23-18;1-2-3-13-4-6-14(7-5-13)16(12-15-8-11-19(24)22-15)18-10-9-17(21)20(25)23-18;1-2-12-3-5-13(6-4-12)15(11-14-7-10-18(23)21-14)17-9-8-16(20)19(24)22-17/h4-7,9-10,12,15H,8,11H2,1-3H3,(H,23,25)(H,24,26);5-8,10-11,13,16H,2-4,9,12H2,1H3,(H,23,25)(H,24,26);3-6,8-9,11-12,15H,7,10H2,1-2H3,(H,22,24)(H,23,25);4-7,9-10,12,15H,2-3,8,11H2,1H3,(H,22,24)(H,23,25);3-6,8-9,11,14H,2,7,10H2,1H3,(H,21,23)(H,22,24)/b16-12+;17-13+;16-11+;16-12+;15-11+/t15-;16-;2*15-;14-/m11111/s1. The Balaban J connectivity index is 0.000000153. The second kappa shape index (κ2) is 45.0. The number of pyridine rings is 5. The molecule has 0 bridgehead atoms. The molecule has 25 heteroatoms. The highest BCUT2D eigenvalue weighted by molar-refractivity contribution is 6.31. The van der Waals surface area contributed by atoms with E-state index in [-0.39, 0.29) is 118 Å². The average Bonchev–Trinajstić information content (AvgIpc) is 0.894. The number of aromatic nitrogens is 5. The van der Waals surface area contributed by atoms with Gasteiger partial charge in [0, 0.05) is 119 Å². The first-order valence-corrected chi connectivity index (χ1v) is 44.8. The fourth-order valence-electron chi connectivity index (χ4n) is 15.1. The molecule has 5 fully saturated rings. The zero-order valence-electron chi connectivity index (χ0n) is 72.0. The lowest BCUT2D eigenvalue weighted by Gasteiger charge is -2.20. The van der Waals surface area contributed by atoms with Crippen molar-refractivity contribution in [3.8, 4) is 0 Å². The molecule has 656 valence electrons. The van der Waals surface area contributed by atoms with Gasteiger partial charge in [-0.1, -0.05) is 278 Å². The summed E-state index contributed by atoms with van der Waals surface area (Å²) in [6.45, 7) is 17.3. The topological polar surface area (TPSA) is 310 Å².